The van der Waals surface area contributed by atoms with Crippen LogP contribution in [0.2, 0.25) is 0 Å². The molecule has 0 unspecified atom stereocenters. The molecule has 2 aromatic carbocycles. The summed E-state index contributed by atoms with van der Waals surface area (Å²) in [6, 6.07) is 14.2. The van der Waals surface area contributed by atoms with Gasteiger partial charge in [-0.15, -0.1) is 0 Å². The van der Waals surface area contributed by atoms with Crippen LogP contribution in [0.4, 0.5) is 0 Å². The number of carbonyl (C=O) groups is 1. The Kier molecular flexibility index (Phi) is 4.91. The van der Waals surface area contributed by atoms with E-state index >= 15 is 0 Å². The van der Waals surface area contributed by atoms with Gasteiger partial charge in [0, 0.05) is 6.04 Å². The zero-order chi connectivity index (χ0) is 15.4. The number of nitrogens with zero attached hydrogens (tertiary/aromatic N) is 1. The summed E-state index contributed by atoms with van der Waals surface area (Å²) in [6.45, 7) is 4.27. The number of rotatable bonds is 5. The van der Waals surface area contributed by atoms with Crippen LogP contribution in [0, 0.1) is 0 Å². The number of benzene rings is 2. The lowest BCUT2D eigenvalue weighted by atomic mass is 10.0. The summed E-state index contributed by atoms with van der Waals surface area (Å²) < 4.78 is 0. The van der Waals surface area contributed by atoms with Gasteiger partial charge in [-0.3, -0.25) is 4.79 Å². The Bertz CT molecular complexity index is 661. The number of amides is 1. The Labute approximate surface area is 130 Å². The van der Waals surface area contributed by atoms with Crippen molar-refractivity contribution in [2.24, 2.45) is 5.73 Å². The van der Waals surface area contributed by atoms with E-state index in [-0.39, 0.29) is 11.9 Å². The molecule has 0 radical (unpaired) electrons. The van der Waals surface area contributed by atoms with Gasteiger partial charge < -0.3 is 10.6 Å². The molecule has 0 saturated heterocycles. The van der Waals surface area contributed by atoms with Crippen LogP contribution in [-0.2, 0) is 11.2 Å². The minimum Gasteiger partial charge on any atom is -0.392 e. The van der Waals surface area contributed by atoms with Crippen molar-refractivity contribution in [3.8, 4) is 0 Å². The third-order valence-corrected chi connectivity index (χ3v) is 3.62. The van der Waals surface area contributed by atoms with E-state index in [4.69, 9.17) is 18.0 Å². The molecule has 0 atom stereocenters. The smallest absolute Gasteiger partial charge is 0.227 e. The Balaban J connectivity index is 2.26. The highest BCUT2D eigenvalue weighted by atomic mass is 32.1. The summed E-state index contributed by atoms with van der Waals surface area (Å²) >= 11 is 4.94. The van der Waals surface area contributed by atoms with Crippen LogP contribution < -0.4 is 5.73 Å². The lowest BCUT2D eigenvalue weighted by Crippen LogP contribution is -2.42. The van der Waals surface area contributed by atoms with Crippen LogP contribution in [-0.4, -0.2) is 28.4 Å². The summed E-state index contributed by atoms with van der Waals surface area (Å²) in [7, 11) is 0. The van der Waals surface area contributed by atoms with Gasteiger partial charge in [0.2, 0.25) is 5.91 Å². The molecule has 0 bridgehead atoms. The molecule has 4 heteroatoms. The van der Waals surface area contributed by atoms with Crippen molar-refractivity contribution in [3.63, 3.8) is 0 Å². The molecule has 2 N–H and O–H groups in total. The second-order valence-electron chi connectivity index (χ2n) is 5.40. The average molecular weight is 300 g/mol. The fourth-order valence-corrected chi connectivity index (χ4v) is 2.58. The zero-order valence-corrected chi connectivity index (χ0v) is 13.2. The molecule has 1 amide bonds. The Morgan fingerprint density at radius 3 is 2.52 bits per heavy atom. The standard InChI is InChI=1S/C17H20N2OS/c1-12(2)19(11-16(18)21)17(20)10-14-8-5-7-13-6-3-4-9-15(13)14/h3-9,12H,10-11H2,1-2H3,(H2,18,21). The molecule has 0 fully saturated rings. The highest BCUT2D eigenvalue weighted by Gasteiger charge is 2.18. The fraction of sp³-hybridized carbons (Fsp3) is 0.294. The molecule has 0 aliphatic rings. The first-order valence-electron chi connectivity index (χ1n) is 7.03. The second-order valence-corrected chi connectivity index (χ2v) is 5.92. The van der Waals surface area contributed by atoms with E-state index in [2.05, 4.69) is 12.1 Å². The van der Waals surface area contributed by atoms with Crippen molar-refractivity contribution in [2.75, 3.05) is 6.54 Å². The summed E-state index contributed by atoms with van der Waals surface area (Å²) in [5, 5.41) is 2.26. The maximum Gasteiger partial charge on any atom is 0.227 e. The van der Waals surface area contributed by atoms with Crippen molar-refractivity contribution in [2.45, 2.75) is 26.3 Å². The minimum absolute atomic E-state index is 0.0501. The van der Waals surface area contributed by atoms with Crippen molar-refractivity contribution < 1.29 is 4.79 Å². The predicted molar refractivity (Wildman–Crippen MR) is 91.3 cm³/mol. The molecule has 3 nitrogen and oxygen atoms in total. The van der Waals surface area contributed by atoms with Gasteiger partial charge in [-0.25, -0.2) is 0 Å². The van der Waals surface area contributed by atoms with Gasteiger partial charge in [-0.2, -0.15) is 0 Å². The van der Waals surface area contributed by atoms with E-state index in [9.17, 15) is 4.79 Å². The maximum absolute atomic E-state index is 12.5. The van der Waals surface area contributed by atoms with Crippen LogP contribution in [0.15, 0.2) is 42.5 Å². The Hall–Kier alpha value is -1.94. The van der Waals surface area contributed by atoms with E-state index in [0.717, 1.165) is 16.3 Å². The van der Waals surface area contributed by atoms with Gasteiger partial charge in [-0.05, 0) is 30.2 Å². The van der Waals surface area contributed by atoms with Crippen molar-refractivity contribution in [1.82, 2.24) is 4.90 Å². The lowest BCUT2D eigenvalue weighted by molar-refractivity contribution is -0.131. The normalized spacial score (nSPS) is 10.8. The second kappa shape index (κ2) is 6.68. The molecule has 2 aromatic rings. The molecular formula is C17H20N2OS. The first-order valence-corrected chi connectivity index (χ1v) is 7.44. The molecule has 21 heavy (non-hydrogen) atoms. The topological polar surface area (TPSA) is 46.3 Å². The molecule has 0 aliphatic heterocycles. The average Bonchev–Trinajstić information content (AvgIpc) is 2.44. The quantitative estimate of drug-likeness (QED) is 0.864. The van der Waals surface area contributed by atoms with E-state index in [1.54, 1.807) is 4.90 Å². The third kappa shape index (κ3) is 3.79. The van der Waals surface area contributed by atoms with Crippen molar-refractivity contribution >= 4 is 33.9 Å². The minimum atomic E-state index is 0.0501. The fourth-order valence-electron chi connectivity index (χ4n) is 2.44. The SMILES string of the molecule is CC(C)N(CC(N)=S)C(=O)Cc1cccc2ccccc12. The molecular weight excluding hydrogens is 280 g/mol. The number of hydrogen-bond donors (Lipinski definition) is 1. The predicted octanol–water partition coefficient (Wildman–Crippen LogP) is 2.91. The molecule has 0 spiro atoms. The maximum atomic E-state index is 12.5. The monoisotopic (exact) mass is 300 g/mol. The summed E-state index contributed by atoms with van der Waals surface area (Å²) in [4.78, 5) is 14.6. The Morgan fingerprint density at radius 2 is 1.86 bits per heavy atom. The van der Waals surface area contributed by atoms with Crippen molar-refractivity contribution in [1.29, 1.82) is 0 Å². The van der Waals surface area contributed by atoms with E-state index in [0.29, 0.717) is 18.0 Å². The lowest BCUT2D eigenvalue weighted by Gasteiger charge is -2.26. The number of fused-ring (bicyclic) bond motifs is 1. The van der Waals surface area contributed by atoms with E-state index < -0.39 is 0 Å². The summed E-state index contributed by atoms with van der Waals surface area (Å²) in [6.07, 6.45) is 0.363. The third-order valence-electron chi connectivity index (χ3n) is 3.49. The van der Waals surface area contributed by atoms with E-state index in [1.807, 2.05) is 44.2 Å². The van der Waals surface area contributed by atoms with Gasteiger partial charge >= 0.3 is 0 Å². The van der Waals surface area contributed by atoms with Gasteiger partial charge in [0.1, 0.15) is 0 Å². The highest BCUT2D eigenvalue weighted by Crippen LogP contribution is 2.19. The number of hydrogen-bond acceptors (Lipinski definition) is 2. The number of carbonyl (C=O) groups excluding carboxylic acids is 1. The van der Waals surface area contributed by atoms with Crippen LogP contribution >= 0.6 is 12.2 Å². The first-order chi connectivity index (χ1) is 9.99. The van der Waals surface area contributed by atoms with E-state index in [1.165, 1.54) is 0 Å². The highest BCUT2D eigenvalue weighted by molar-refractivity contribution is 7.80. The molecule has 0 aliphatic carbocycles. The van der Waals surface area contributed by atoms with Crippen LogP contribution in [0.1, 0.15) is 19.4 Å². The summed E-state index contributed by atoms with van der Waals surface area (Å²) in [5.41, 5.74) is 6.62. The molecule has 0 heterocycles. The number of nitrogens with two attached hydrogens (primary N) is 1. The van der Waals surface area contributed by atoms with Crippen LogP contribution in [0.5, 0.6) is 0 Å². The first kappa shape index (κ1) is 15.4. The largest absolute Gasteiger partial charge is 0.392 e. The zero-order valence-electron chi connectivity index (χ0n) is 12.4. The Morgan fingerprint density at radius 1 is 1.19 bits per heavy atom. The van der Waals surface area contributed by atoms with Crippen LogP contribution in [0.25, 0.3) is 10.8 Å². The number of thiocarbonyl (C=S) groups is 1. The van der Waals surface area contributed by atoms with Gasteiger partial charge in [0.15, 0.2) is 0 Å². The van der Waals surface area contributed by atoms with Gasteiger partial charge in [-0.1, -0.05) is 54.7 Å². The molecule has 2 rings (SSSR count). The molecule has 0 aromatic heterocycles. The molecule has 0 saturated carbocycles. The van der Waals surface area contributed by atoms with Crippen molar-refractivity contribution in [3.05, 3.63) is 48.0 Å². The van der Waals surface area contributed by atoms with Crippen LogP contribution in [0.3, 0.4) is 0 Å². The van der Waals surface area contributed by atoms with Gasteiger partial charge in [0.05, 0.1) is 18.0 Å². The molecule has 110 valence electrons. The summed E-state index contributed by atoms with van der Waals surface area (Å²) in [5.74, 6) is 0.0501. The van der Waals surface area contributed by atoms with Gasteiger partial charge in [0.25, 0.3) is 0 Å².